The van der Waals surface area contributed by atoms with Crippen LogP contribution in [0.3, 0.4) is 0 Å². The molecule has 0 unspecified atom stereocenters. The number of aromatic amines is 3. The maximum atomic E-state index is 15.4. The molecule has 4 heterocycles. The van der Waals surface area contributed by atoms with E-state index >= 15 is 19.2 Å². The van der Waals surface area contributed by atoms with E-state index < -0.39 is 168 Å². The zero-order valence-corrected chi connectivity index (χ0v) is 61.3. The monoisotopic (exact) mass is 1540 g/mol. The highest BCUT2D eigenvalue weighted by molar-refractivity contribution is 8.76. The van der Waals surface area contributed by atoms with Gasteiger partial charge in [0.15, 0.2) is 0 Å². The molecule has 11 amide bonds. The van der Waals surface area contributed by atoms with Gasteiger partial charge in [-0.1, -0.05) is 131 Å². The van der Waals surface area contributed by atoms with Crippen molar-refractivity contribution in [1.82, 2.24) is 83.4 Å². The Balaban J connectivity index is 1.17. The lowest BCUT2D eigenvalue weighted by Crippen LogP contribution is -2.63. The maximum Gasteiger partial charge on any atom is 0.327 e. The predicted octanol–water partition coefficient (Wildman–Crippen LogP) is -2.61. The van der Waals surface area contributed by atoms with Gasteiger partial charge in [0.25, 0.3) is 0 Å². The van der Waals surface area contributed by atoms with Gasteiger partial charge in [-0.25, -0.2) is 14.8 Å². The first kappa shape index (κ1) is 83.6. The van der Waals surface area contributed by atoms with E-state index in [9.17, 15) is 58.8 Å². The lowest BCUT2D eigenvalue weighted by molar-refractivity contribution is -0.142. The third-order valence-electron chi connectivity index (χ3n) is 17.7. The minimum Gasteiger partial charge on any atom is -0.480 e. The number of unbranched alkanes of at least 4 members (excludes halogenated alkanes) is 1. The number of hydrogen-bond donors (Lipinski definition) is 20. The van der Waals surface area contributed by atoms with Crippen LogP contribution < -0.4 is 70.0 Å². The molecule has 109 heavy (non-hydrogen) atoms. The van der Waals surface area contributed by atoms with Gasteiger partial charge < -0.3 is 105 Å². The van der Waals surface area contributed by atoms with Crippen molar-refractivity contribution in [2.45, 2.75) is 156 Å². The molecular weight excluding hydrogens is 1450 g/mol. The lowest BCUT2D eigenvalue weighted by Gasteiger charge is -2.29. The number of aliphatic hydroxyl groups excluding tert-OH is 3. The fourth-order valence-electron chi connectivity index (χ4n) is 11.8. The van der Waals surface area contributed by atoms with E-state index in [0.717, 1.165) is 28.5 Å². The highest BCUT2D eigenvalue weighted by Gasteiger charge is 2.39. The van der Waals surface area contributed by atoms with Gasteiger partial charge in [0, 0.05) is 90.9 Å². The molecule has 0 radical (unpaired) electrons. The van der Waals surface area contributed by atoms with E-state index in [1.807, 2.05) is 0 Å². The number of fused-ring (bicyclic) bond motifs is 1. The van der Waals surface area contributed by atoms with E-state index in [4.69, 9.17) is 11.5 Å². The summed E-state index contributed by atoms with van der Waals surface area (Å²) in [5.41, 5.74) is 15.8. The molecule has 1 aliphatic heterocycles. The Morgan fingerprint density at radius 3 is 1.26 bits per heavy atom. The molecule has 14 atom stereocenters. The molecule has 34 nitrogen and oxygen atoms in total. The fourth-order valence-corrected chi connectivity index (χ4v) is 14.0. The molecule has 1 saturated heterocycles. The molecule has 0 spiro atoms. The predicted molar refractivity (Wildman–Crippen MR) is 402 cm³/mol. The van der Waals surface area contributed by atoms with Crippen LogP contribution in [-0.4, -0.2) is 226 Å². The summed E-state index contributed by atoms with van der Waals surface area (Å²) in [5.74, 6) is -13.3. The lowest BCUT2D eigenvalue weighted by atomic mass is 10.00. The number of amides is 11. The molecule has 0 bridgehead atoms. The van der Waals surface area contributed by atoms with Gasteiger partial charge in [-0.3, -0.25) is 52.7 Å². The second-order valence-electron chi connectivity index (χ2n) is 26.2. The number of benzene rings is 4. The van der Waals surface area contributed by atoms with Crippen molar-refractivity contribution in [1.29, 1.82) is 0 Å². The first-order chi connectivity index (χ1) is 52.4. The number of aliphatic hydroxyl groups is 3. The SMILES string of the molecule is C[C@@H](O)[C@@H]1NC(=O)[C@H](Cc2ccccc2)NC(=O)[C@H]([C@@H](C)O)NC(=O)[C@H](CCCCN)NC(=O)[C@@H](Cc2c[nH]c3ccccc23)NC(=O)[C@H](Cc2ccccc2)NC(=O)[C@H](Cc2ccccc2)NC(=O)[C@H](Cc2cnc[nH]2)NC(=O)[C@H](Cc2cnc[nH]2)NC(=O)[C@@H](N)CSSC[C@@H](C(=O)O)NC(=O)[C@H](CO)NC1=O. The molecule has 8 rings (SSSR count). The van der Waals surface area contributed by atoms with Crippen LogP contribution in [0.15, 0.2) is 147 Å². The molecule has 1 fully saturated rings. The van der Waals surface area contributed by atoms with Crippen molar-refractivity contribution < 1.29 is 78.0 Å². The van der Waals surface area contributed by atoms with Gasteiger partial charge in [-0.2, -0.15) is 0 Å². The number of hydrogen-bond acceptors (Lipinski definition) is 21. The molecule has 7 aromatic rings. The molecule has 582 valence electrons. The molecule has 1 aliphatic rings. The molecule has 36 heteroatoms. The number of carboxylic acid groups (broad SMARTS) is 1. The van der Waals surface area contributed by atoms with E-state index in [1.165, 1.54) is 32.0 Å². The van der Waals surface area contributed by atoms with Crippen molar-refractivity contribution in [3.8, 4) is 0 Å². The summed E-state index contributed by atoms with van der Waals surface area (Å²) < 4.78 is 0. The first-order valence-electron chi connectivity index (χ1n) is 35.2. The van der Waals surface area contributed by atoms with Crippen LogP contribution in [-0.2, 0) is 96.1 Å². The summed E-state index contributed by atoms with van der Waals surface area (Å²) in [6.07, 6.45) is 2.68. The van der Waals surface area contributed by atoms with Crippen LogP contribution in [0.4, 0.5) is 0 Å². The molecule has 4 aromatic carbocycles. The van der Waals surface area contributed by atoms with Crippen LogP contribution in [0.25, 0.3) is 10.9 Å². The summed E-state index contributed by atoms with van der Waals surface area (Å²) in [6.45, 7) is 1.31. The number of carboxylic acids is 1. The van der Waals surface area contributed by atoms with Crippen molar-refractivity contribution in [3.05, 3.63) is 180 Å². The van der Waals surface area contributed by atoms with Crippen molar-refractivity contribution in [2.75, 3.05) is 24.7 Å². The zero-order valence-electron chi connectivity index (χ0n) is 59.7. The maximum absolute atomic E-state index is 15.4. The van der Waals surface area contributed by atoms with Crippen molar-refractivity contribution in [2.24, 2.45) is 11.5 Å². The van der Waals surface area contributed by atoms with E-state index in [1.54, 1.807) is 121 Å². The number of para-hydroxylation sites is 1. The Bertz CT molecular complexity index is 4180. The molecule has 22 N–H and O–H groups in total. The third-order valence-corrected chi connectivity index (χ3v) is 20.2. The highest BCUT2D eigenvalue weighted by Crippen LogP contribution is 2.24. The minimum atomic E-state index is -1.93. The smallest absolute Gasteiger partial charge is 0.327 e. The summed E-state index contributed by atoms with van der Waals surface area (Å²) in [4.78, 5) is 191. The summed E-state index contributed by atoms with van der Waals surface area (Å²) in [7, 11) is 1.77. The highest BCUT2D eigenvalue weighted by atomic mass is 33.1. The third kappa shape index (κ3) is 25.6. The largest absolute Gasteiger partial charge is 0.480 e. The van der Waals surface area contributed by atoms with Crippen molar-refractivity contribution in [3.63, 3.8) is 0 Å². The summed E-state index contributed by atoms with van der Waals surface area (Å²) in [6, 6.07) is 12.9. The number of carbonyl (C=O) groups excluding carboxylic acids is 11. The van der Waals surface area contributed by atoms with E-state index in [0.29, 0.717) is 51.0 Å². The Kier molecular flexibility index (Phi) is 32.2. The number of carbonyl (C=O) groups is 12. The zero-order chi connectivity index (χ0) is 78.5. The number of aromatic nitrogens is 5. The van der Waals surface area contributed by atoms with Gasteiger partial charge in [0.2, 0.25) is 65.0 Å². The fraction of sp³-hybridized carbons (Fsp3) is 0.397. The summed E-state index contributed by atoms with van der Waals surface area (Å²) >= 11 is 0. The van der Waals surface area contributed by atoms with Gasteiger partial charge >= 0.3 is 5.97 Å². The average Bonchev–Trinajstić information content (AvgIpc) is 1.72. The Morgan fingerprint density at radius 1 is 0.450 bits per heavy atom. The standard InChI is InChI=1S/C73H92N18O16S2/c1-40(93)60-71(104)87-54(28-44-20-10-5-11-21-44)69(102)91-61(41(2)94)72(105)88-58(35-92)70(103)89-59(73(106)107)37-109-108-36-49(75)62(95)82-56(30-46-33-76-38-79-46)67(100)86-57(31-47-34-77-39-80-47)68(101)84-52(26-42-16-6-3-7-17-42)64(97)83-53(27-43-18-8-4-9-19-43)65(98)85-55(29-45-32-78-50-23-13-12-22-48(45)50)66(99)81-51(63(96)90-60)24-14-15-25-74/h3-13,16-23,32-34,38-41,49,51-61,78,92-94H,14-15,24-31,35-37,74-75H2,1-2H3,(H,76,79)(H,77,80)(H,81,99)(H,82,95)(H,83,97)(H,84,101)(H,85,98)(H,86,100)(H,87,104)(H,88,105)(H,89,103)(H,90,96)(H,91,102)(H,106,107)/t40-,41-,49+,51+,52+,53+,54+,55-,56+,57+,58+,59+,60+,61+/m1/s1. The topological polar surface area (TPSA) is 543 Å². The molecule has 0 saturated carbocycles. The van der Waals surface area contributed by atoms with Crippen LogP contribution in [0, 0.1) is 0 Å². The number of imidazole rings is 2. The van der Waals surface area contributed by atoms with Crippen LogP contribution >= 0.6 is 21.6 Å². The molecule has 0 aliphatic carbocycles. The Hall–Kier alpha value is -11.0. The van der Waals surface area contributed by atoms with Crippen LogP contribution in [0.2, 0.25) is 0 Å². The van der Waals surface area contributed by atoms with Gasteiger partial charge in [-0.15, -0.1) is 0 Å². The first-order valence-corrected chi connectivity index (χ1v) is 37.7. The number of nitrogens with zero attached hydrogens (tertiary/aromatic N) is 2. The van der Waals surface area contributed by atoms with Crippen molar-refractivity contribution >= 4 is 103 Å². The molecule has 3 aromatic heterocycles. The summed E-state index contributed by atoms with van der Waals surface area (Å²) in [5, 5.41) is 72.0. The van der Waals surface area contributed by atoms with Gasteiger partial charge in [0.05, 0.1) is 37.5 Å². The number of aliphatic carboxylic acids is 1. The number of nitrogens with one attached hydrogen (secondary N) is 14. The van der Waals surface area contributed by atoms with Gasteiger partial charge in [0.1, 0.15) is 66.5 Å². The minimum absolute atomic E-state index is 0.125. The number of H-pyrrole nitrogens is 3. The van der Waals surface area contributed by atoms with E-state index in [2.05, 4.69) is 83.4 Å². The number of nitrogens with two attached hydrogens (primary N) is 2. The van der Waals surface area contributed by atoms with Gasteiger partial charge in [-0.05, 0) is 68.0 Å². The average molecular weight is 1540 g/mol. The Labute approximate surface area is 634 Å². The Morgan fingerprint density at radius 2 is 0.826 bits per heavy atom. The van der Waals surface area contributed by atoms with E-state index in [-0.39, 0.29) is 63.7 Å². The van der Waals surface area contributed by atoms with Crippen LogP contribution in [0.5, 0.6) is 0 Å². The number of rotatable bonds is 20. The van der Waals surface area contributed by atoms with Crippen LogP contribution in [0.1, 0.15) is 66.8 Å². The second kappa shape index (κ2) is 41.9. The quantitative estimate of drug-likeness (QED) is 0.0275. The normalized spacial score (nSPS) is 24.3. The molecular formula is C73H92N18O16S2. The second-order valence-corrected chi connectivity index (χ2v) is 28.7.